The minimum Gasteiger partial charge on any atom is -0.507 e. The third kappa shape index (κ3) is 4.41. The van der Waals surface area contributed by atoms with Crippen molar-refractivity contribution in [3.8, 4) is 5.75 Å². The number of likely N-dealkylation sites (N-methyl/N-ethyl adjacent to an activating group) is 1. The first-order chi connectivity index (χ1) is 13.9. The van der Waals surface area contributed by atoms with Crippen molar-refractivity contribution >= 4 is 28.8 Å². The van der Waals surface area contributed by atoms with Crippen LogP contribution in [0.5, 0.6) is 5.75 Å². The van der Waals surface area contributed by atoms with Crippen LogP contribution in [0.1, 0.15) is 16.5 Å². The van der Waals surface area contributed by atoms with Crippen molar-refractivity contribution < 1.29 is 24.3 Å². The fourth-order valence-electron chi connectivity index (χ4n) is 3.22. The maximum Gasteiger partial charge on any atom is 0.295 e. The predicted molar refractivity (Wildman–Crippen MR) is 113 cm³/mol. The van der Waals surface area contributed by atoms with Gasteiger partial charge in [-0.1, -0.05) is 18.7 Å². The summed E-state index contributed by atoms with van der Waals surface area (Å²) in [6.07, 6.45) is 1.64. The van der Waals surface area contributed by atoms with Gasteiger partial charge in [0.1, 0.15) is 18.1 Å². The van der Waals surface area contributed by atoms with Gasteiger partial charge in [-0.05, 0) is 35.7 Å². The number of nitrogens with one attached hydrogen (secondary N) is 1. The molecule has 1 aromatic carbocycles. The molecule has 1 saturated heterocycles. The molecule has 1 fully saturated rings. The van der Waals surface area contributed by atoms with Crippen molar-refractivity contribution in [1.29, 1.82) is 0 Å². The molecule has 2 N–H and O–H groups in total. The highest BCUT2D eigenvalue weighted by molar-refractivity contribution is 7.10. The molecule has 152 valence electrons. The van der Waals surface area contributed by atoms with Crippen molar-refractivity contribution in [2.24, 2.45) is 0 Å². The molecule has 0 bridgehead atoms. The van der Waals surface area contributed by atoms with Gasteiger partial charge in [-0.25, -0.2) is 0 Å². The Balaban J connectivity index is 2.00. The Kier molecular flexibility index (Phi) is 6.51. The average molecular weight is 414 g/mol. The quantitative estimate of drug-likeness (QED) is 0.300. The number of hydrogen-bond acceptors (Lipinski definition) is 5. The van der Waals surface area contributed by atoms with Gasteiger partial charge in [-0.2, -0.15) is 0 Å². The number of quaternary nitrogens is 1. The molecule has 0 saturated carbocycles. The van der Waals surface area contributed by atoms with Crippen molar-refractivity contribution in [2.75, 3.05) is 33.8 Å². The highest BCUT2D eigenvalue weighted by Crippen LogP contribution is 2.40. The number of ether oxygens (including phenoxy) is 1. The minimum absolute atomic E-state index is 0.131. The van der Waals surface area contributed by atoms with Crippen LogP contribution in [0.25, 0.3) is 5.76 Å². The molecule has 1 amide bonds. The van der Waals surface area contributed by atoms with E-state index in [9.17, 15) is 14.7 Å². The molecule has 0 radical (unpaired) electrons. The van der Waals surface area contributed by atoms with E-state index in [1.165, 1.54) is 16.2 Å². The molecule has 0 aliphatic carbocycles. The summed E-state index contributed by atoms with van der Waals surface area (Å²) in [6, 6.07) is 9.96. The van der Waals surface area contributed by atoms with Crippen LogP contribution < -0.4 is 9.64 Å². The lowest BCUT2D eigenvalue weighted by molar-refractivity contribution is -0.857. The van der Waals surface area contributed by atoms with Crippen molar-refractivity contribution in [3.05, 3.63) is 70.4 Å². The van der Waals surface area contributed by atoms with Gasteiger partial charge in [-0.3, -0.25) is 9.59 Å². The first kappa shape index (κ1) is 20.8. The molecule has 1 aliphatic heterocycles. The zero-order chi connectivity index (χ0) is 21.0. The highest BCUT2D eigenvalue weighted by atomic mass is 32.1. The number of ketones is 1. The molecule has 6 nitrogen and oxygen atoms in total. The van der Waals surface area contributed by atoms with E-state index in [4.69, 9.17) is 4.74 Å². The van der Waals surface area contributed by atoms with E-state index in [1.54, 1.807) is 35.2 Å². The van der Waals surface area contributed by atoms with E-state index in [1.807, 2.05) is 31.6 Å². The fraction of sp³-hybridized carbons (Fsp3) is 0.273. The molecule has 1 atom stereocenters. The van der Waals surface area contributed by atoms with Crippen LogP contribution in [-0.4, -0.2) is 55.5 Å². The van der Waals surface area contributed by atoms with Gasteiger partial charge in [0.25, 0.3) is 11.7 Å². The second kappa shape index (κ2) is 9.07. The number of aliphatic hydroxyl groups is 1. The molecule has 2 heterocycles. The van der Waals surface area contributed by atoms with Crippen LogP contribution in [0.4, 0.5) is 0 Å². The van der Waals surface area contributed by atoms with Gasteiger partial charge in [0.2, 0.25) is 0 Å². The topological polar surface area (TPSA) is 71.3 Å². The van der Waals surface area contributed by atoms with E-state index in [0.29, 0.717) is 31.0 Å². The van der Waals surface area contributed by atoms with Crippen LogP contribution in [-0.2, 0) is 9.59 Å². The Morgan fingerprint density at radius 1 is 1.28 bits per heavy atom. The Labute approximate surface area is 174 Å². The zero-order valence-corrected chi connectivity index (χ0v) is 17.4. The second-order valence-electron chi connectivity index (χ2n) is 7.09. The van der Waals surface area contributed by atoms with E-state index < -0.39 is 17.7 Å². The van der Waals surface area contributed by atoms with Gasteiger partial charge in [0, 0.05) is 10.4 Å². The monoisotopic (exact) mass is 413 g/mol. The van der Waals surface area contributed by atoms with Crippen LogP contribution in [0.3, 0.4) is 0 Å². The maximum absolute atomic E-state index is 12.8. The number of nitrogens with zero attached hydrogens (tertiary/aromatic N) is 1. The average Bonchev–Trinajstić information content (AvgIpc) is 3.32. The molecule has 0 spiro atoms. The largest absolute Gasteiger partial charge is 0.507 e. The lowest BCUT2D eigenvalue weighted by Crippen LogP contribution is -3.06. The minimum atomic E-state index is -0.651. The Morgan fingerprint density at radius 3 is 2.59 bits per heavy atom. The third-order valence-corrected chi connectivity index (χ3v) is 5.63. The molecular weight excluding hydrogens is 388 g/mol. The molecule has 2 aromatic rings. The summed E-state index contributed by atoms with van der Waals surface area (Å²) < 4.78 is 5.46. The molecular formula is C22H25N2O4S+. The summed E-state index contributed by atoms with van der Waals surface area (Å²) in [5.41, 5.74) is 0.597. The summed E-state index contributed by atoms with van der Waals surface area (Å²) in [7, 11) is 3.99. The van der Waals surface area contributed by atoms with Gasteiger partial charge >= 0.3 is 0 Å². The van der Waals surface area contributed by atoms with Gasteiger partial charge < -0.3 is 19.6 Å². The number of benzene rings is 1. The number of hydrogen-bond donors (Lipinski definition) is 2. The first-order valence-corrected chi connectivity index (χ1v) is 10.3. The Hall–Kier alpha value is -2.90. The van der Waals surface area contributed by atoms with E-state index in [-0.39, 0.29) is 11.3 Å². The smallest absolute Gasteiger partial charge is 0.295 e. The molecule has 1 aliphatic rings. The summed E-state index contributed by atoms with van der Waals surface area (Å²) in [5.74, 6) is -0.763. The first-order valence-electron chi connectivity index (χ1n) is 9.39. The van der Waals surface area contributed by atoms with Crippen LogP contribution in [0.15, 0.2) is 60.0 Å². The lowest BCUT2D eigenvalue weighted by atomic mass is 10.00. The second-order valence-corrected chi connectivity index (χ2v) is 8.07. The SMILES string of the molecule is C=CCOc1ccc(C(O)=C2C(=O)C(=O)N(CC[NH+](C)C)[C@H]2c2cccs2)cc1. The number of amides is 1. The van der Waals surface area contributed by atoms with Crippen LogP contribution in [0, 0.1) is 0 Å². The predicted octanol–water partition coefficient (Wildman–Crippen LogP) is 1.88. The third-order valence-electron chi connectivity index (χ3n) is 4.70. The van der Waals surface area contributed by atoms with Crippen molar-refractivity contribution in [2.45, 2.75) is 6.04 Å². The van der Waals surface area contributed by atoms with Crippen molar-refractivity contribution in [3.63, 3.8) is 0 Å². The van der Waals surface area contributed by atoms with Crippen LogP contribution in [0.2, 0.25) is 0 Å². The standard InChI is InChI=1S/C22H24N2O4S/c1-4-13-28-16-9-7-15(8-10-16)20(25)18-19(17-6-5-14-29-17)24(12-11-23(2)3)22(27)21(18)26/h4-10,14,19,25H,1,11-13H2,2-3H3/p+1/t19-/m0/s1. The summed E-state index contributed by atoms with van der Waals surface area (Å²) in [5, 5.41) is 12.9. The molecule has 29 heavy (non-hydrogen) atoms. The number of likely N-dealkylation sites (tertiary alicyclic amines) is 1. The van der Waals surface area contributed by atoms with E-state index >= 15 is 0 Å². The normalized spacial score (nSPS) is 18.4. The molecule has 0 unspecified atom stereocenters. The lowest BCUT2D eigenvalue weighted by Gasteiger charge is -2.24. The zero-order valence-electron chi connectivity index (χ0n) is 16.6. The number of Topliss-reactive ketones (excluding diaryl/α,β-unsaturated/α-hetero) is 1. The summed E-state index contributed by atoms with van der Waals surface area (Å²) in [6.45, 7) is 5.12. The molecule has 1 aromatic heterocycles. The summed E-state index contributed by atoms with van der Waals surface area (Å²) >= 11 is 1.46. The van der Waals surface area contributed by atoms with Crippen molar-refractivity contribution in [1.82, 2.24) is 4.90 Å². The van der Waals surface area contributed by atoms with Gasteiger partial charge in [0.15, 0.2) is 0 Å². The number of aliphatic hydroxyl groups excluding tert-OH is 1. The number of carbonyl (C=O) groups is 2. The van der Waals surface area contributed by atoms with Gasteiger partial charge in [0.05, 0.1) is 38.8 Å². The van der Waals surface area contributed by atoms with E-state index in [2.05, 4.69) is 6.58 Å². The number of rotatable bonds is 8. The Bertz CT molecular complexity index is 917. The Morgan fingerprint density at radius 2 is 2.00 bits per heavy atom. The molecule has 3 rings (SSSR count). The number of carbonyl (C=O) groups excluding carboxylic acids is 2. The summed E-state index contributed by atoms with van der Waals surface area (Å²) in [4.78, 5) is 29.2. The number of thiophene rings is 1. The van der Waals surface area contributed by atoms with Crippen LogP contribution >= 0.6 is 11.3 Å². The fourth-order valence-corrected chi connectivity index (χ4v) is 4.06. The maximum atomic E-state index is 12.8. The highest BCUT2D eigenvalue weighted by Gasteiger charge is 2.46. The van der Waals surface area contributed by atoms with Gasteiger partial charge in [-0.15, -0.1) is 11.3 Å². The van der Waals surface area contributed by atoms with E-state index in [0.717, 1.165) is 4.88 Å². The molecule has 7 heteroatoms.